The van der Waals surface area contributed by atoms with Crippen LogP contribution in [0.15, 0.2) is 0 Å². The number of nitrogens with zero attached hydrogens (tertiary/aromatic N) is 1. The maximum atomic E-state index is 12.3. The fourth-order valence-corrected chi connectivity index (χ4v) is 8.77. The minimum Gasteiger partial charge on any atom is -0.393 e. The van der Waals surface area contributed by atoms with Gasteiger partial charge in [0, 0.05) is 11.5 Å². The average Bonchev–Trinajstić information content (AvgIpc) is 2.99. The SMILES string of the molecule is CC(NOCCCN(C)C)[C@H]1CC[C@@]2(O)[C@@H]3CCC4CC(O)CC[C@]4(C)[C@H]3CC[C@]12C. The zero-order valence-electron chi connectivity index (χ0n) is 20.7. The maximum Gasteiger partial charge on any atom is 0.0735 e. The van der Waals surface area contributed by atoms with Crippen molar-refractivity contribution in [3.05, 3.63) is 0 Å². The van der Waals surface area contributed by atoms with Crippen molar-refractivity contribution < 1.29 is 15.1 Å². The van der Waals surface area contributed by atoms with Crippen LogP contribution in [0.25, 0.3) is 0 Å². The lowest BCUT2D eigenvalue weighted by molar-refractivity contribution is -0.213. The van der Waals surface area contributed by atoms with Gasteiger partial charge < -0.3 is 20.0 Å². The lowest BCUT2D eigenvalue weighted by Crippen LogP contribution is -2.63. The number of hydrogen-bond donors (Lipinski definition) is 3. The van der Waals surface area contributed by atoms with Crippen molar-refractivity contribution in [1.82, 2.24) is 10.4 Å². The third-order valence-corrected chi connectivity index (χ3v) is 10.6. The molecule has 3 N–H and O–H groups in total. The van der Waals surface area contributed by atoms with E-state index in [-0.39, 0.29) is 17.6 Å². The molecule has 31 heavy (non-hydrogen) atoms. The summed E-state index contributed by atoms with van der Waals surface area (Å²) in [6, 6.07) is 0.256. The molecule has 0 amide bonds. The molecule has 4 fully saturated rings. The van der Waals surface area contributed by atoms with Crippen molar-refractivity contribution >= 4 is 0 Å². The van der Waals surface area contributed by atoms with Crippen LogP contribution >= 0.6 is 0 Å². The van der Waals surface area contributed by atoms with Crippen molar-refractivity contribution in [3.8, 4) is 0 Å². The molecule has 0 aromatic rings. The molecule has 180 valence electrons. The smallest absolute Gasteiger partial charge is 0.0735 e. The van der Waals surface area contributed by atoms with Gasteiger partial charge in [-0.1, -0.05) is 13.8 Å². The third kappa shape index (κ3) is 4.01. The lowest BCUT2D eigenvalue weighted by Gasteiger charge is -2.63. The predicted octanol–water partition coefficient (Wildman–Crippen LogP) is 3.98. The van der Waals surface area contributed by atoms with Crippen molar-refractivity contribution in [3.63, 3.8) is 0 Å². The van der Waals surface area contributed by atoms with E-state index in [1.54, 1.807) is 0 Å². The Balaban J connectivity index is 1.43. The first kappa shape index (κ1) is 23.9. The molecule has 0 radical (unpaired) electrons. The van der Waals surface area contributed by atoms with Gasteiger partial charge in [0.25, 0.3) is 0 Å². The van der Waals surface area contributed by atoms with Crippen molar-refractivity contribution in [2.75, 3.05) is 27.2 Å². The molecular formula is C26H48N2O3. The minimum absolute atomic E-state index is 0.0367. The van der Waals surface area contributed by atoms with Crippen LogP contribution in [-0.4, -0.2) is 60.1 Å². The van der Waals surface area contributed by atoms with E-state index in [9.17, 15) is 10.2 Å². The van der Waals surface area contributed by atoms with E-state index in [0.29, 0.717) is 29.1 Å². The van der Waals surface area contributed by atoms with E-state index >= 15 is 0 Å². The molecule has 5 heteroatoms. The first-order valence-corrected chi connectivity index (χ1v) is 13.0. The van der Waals surface area contributed by atoms with Crippen LogP contribution in [0.1, 0.15) is 85.0 Å². The summed E-state index contributed by atoms with van der Waals surface area (Å²) in [6.07, 6.45) is 10.7. The Morgan fingerprint density at radius 3 is 2.55 bits per heavy atom. The van der Waals surface area contributed by atoms with Crippen LogP contribution in [0.2, 0.25) is 0 Å². The largest absolute Gasteiger partial charge is 0.393 e. The Morgan fingerprint density at radius 1 is 1.03 bits per heavy atom. The van der Waals surface area contributed by atoms with Gasteiger partial charge in [0.2, 0.25) is 0 Å². The number of hydrogen-bond acceptors (Lipinski definition) is 5. The molecule has 3 unspecified atom stereocenters. The van der Waals surface area contributed by atoms with Gasteiger partial charge in [-0.2, -0.15) is 5.48 Å². The minimum atomic E-state index is -0.550. The molecule has 5 nitrogen and oxygen atoms in total. The van der Waals surface area contributed by atoms with E-state index < -0.39 is 5.60 Å². The van der Waals surface area contributed by atoms with Gasteiger partial charge in [-0.25, -0.2) is 0 Å². The molecule has 4 aliphatic rings. The summed E-state index contributed by atoms with van der Waals surface area (Å²) in [5, 5.41) is 22.5. The number of hydroxylamine groups is 1. The summed E-state index contributed by atoms with van der Waals surface area (Å²) in [5.74, 6) is 2.12. The summed E-state index contributed by atoms with van der Waals surface area (Å²) < 4.78 is 0. The fourth-order valence-electron chi connectivity index (χ4n) is 8.77. The van der Waals surface area contributed by atoms with E-state index in [1.165, 1.54) is 12.8 Å². The first-order valence-electron chi connectivity index (χ1n) is 13.0. The van der Waals surface area contributed by atoms with E-state index in [2.05, 4.69) is 45.2 Å². The topological polar surface area (TPSA) is 65.0 Å². The van der Waals surface area contributed by atoms with E-state index in [4.69, 9.17) is 4.84 Å². The van der Waals surface area contributed by atoms with Gasteiger partial charge in [-0.3, -0.25) is 0 Å². The van der Waals surface area contributed by atoms with E-state index in [0.717, 1.165) is 64.5 Å². The monoisotopic (exact) mass is 436 g/mol. The summed E-state index contributed by atoms with van der Waals surface area (Å²) in [6.45, 7) is 8.89. The van der Waals surface area contributed by atoms with Crippen LogP contribution in [0, 0.1) is 34.5 Å². The zero-order chi connectivity index (χ0) is 22.4. The second-order valence-electron chi connectivity index (χ2n) is 12.4. The van der Waals surface area contributed by atoms with Crippen LogP contribution in [0.3, 0.4) is 0 Å². The van der Waals surface area contributed by atoms with Crippen molar-refractivity contribution in [1.29, 1.82) is 0 Å². The van der Waals surface area contributed by atoms with Crippen molar-refractivity contribution in [2.24, 2.45) is 34.5 Å². The van der Waals surface area contributed by atoms with Gasteiger partial charge in [-0.15, -0.1) is 0 Å². The molecule has 0 heterocycles. The number of rotatable bonds is 7. The Morgan fingerprint density at radius 2 is 1.81 bits per heavy atom. The second-order valence-corrected chi connectivity index (χ2v) is 12.4. The van der Waals surface area contributed by atoms with Crippen LogP contribution in [0.4, 0.5) is 0 Å². The zero-order valence-corrected chi connectivity index (χ0v) is 20.7. The molecule has 0 spiro atoms. The Kier molecular flexibility index (Phi) is 6.85. The highest BCUT2D eigenvalue weighted by Crippen LogP contribution is 2.69. The van der Waals surface area contributed by atoms with Crippen molar-refractivity contribution in [2.45, 2.75) is 103 Å². The number of nitrogens with one attached hydrogen (secondary N) is 1. The van der Waals surface area contributed by atoms with Crippen LogP contribution in [0.5, 0.6) is 0 Å². The summed E-state index contributed by atoms with van der Waals surface area (Å²) >= 11 is 0. The van der Waals surface area contributed by atoms with Gasteiger partial charge in [-0.05, 0) is 121 Å². The fraction of sp³-hybridized carbons (Fsp3) is 1.00. The highest BCUT2D eigenvalue weighted by atomic mass is 16.6. The summed E-state index contributed by atoms with van der Waals surface area (Å²) in [4.78, 5) is 8.02. The van der Waals surface area contributed by atoms with Gasteiger partial charge >= 0.3 is 0 Å². The molecule has 4 aliphatic carbocycles. The summed E-state index contributed by atoms with van der Waals surface area (Å²) in [5.41, 5.74) is 3.06. The molecule has 4 rings (SSSR count). The predicted molar refractivity (Wildman–Crippen MR) is 124 cm³/mol. The number of aliphatic hydroxyl groups excluding tert-OH is 1. The number of aliphatic hydroxyl groups is 2. The number of fused-ring (bicyclic) bond motifs is 5. The molecule has 0 aromatic carbocycles. The Labute approximate surface area is 190 Å². The molecule has 0 aromatic heterocycles. The second kappa shape index (κ2) is 8.87. The summed E-state index contributed by atoms with van der Waals surface area (Å²) in [7, 11) is 4.19. The van der Waals surface area contributed by atoms with Gasteiger partial charge in [0.1, 0.15) is 0 Å². The van der Waals surface area contributed by atoms with Gasteiger partial charge in [0.15, 0.2) is 0 Å². The molecular weight excluding hydrogens is 388 g/mol. The molecule has 0 aliphatic heterocycles. The van der Waals surface area contributed by atoms with E-state index in [1.807, 2.05) is 0 Å². The van der Waals surface area contributed by atoms with Crippen LogP contribution in [-0.2, 0) is 4.84 Å². The third-order valence-electron chi connectivity index (χ3n) is 10.6. The lowest BCUT2D eigenvalue weighted by atomic mass is 9.43. The molecule has 0 bridgehead atoms. The van der Waals surface area contributed by atoms with Gasteiger partial charge in [0.05, 0.1) is 18.3 Å². The average molecular weight is 437 g/mol. The highest BCUT2D eigenvalue weighted by molar-refractivity contribution is 5.17. The molecule has 9 atom stereocenters. The highest BCUT2D eigenvalue weighted by Gasteiger charge is 2.67. The standard InChI is InChI=1S/C26H48N2O3/c1-18(27-31-16-6-15-28(4)5)21-11-14-26(30)23-8-7-19-17-20(29)9-12-24(19,2)22(23)10-13-25(21,26)3/h18-23,27,29-30H,6-17H2,1-5H3/t18?,19?,20?,21-,22+,23-,24+,25-,26-/m1/s1. The first-order chi connectivity index (χ1) is 14.6. The maximum absolute atomic E-state index is 12.3. The van der Waals surface area contributed by atoms with Crippen LogP contribution < -0.4 is 5.48 Å². The Bertz CT molecular complexity index is 630. The quantitative estimate of drug-likeness (QED) is 0.416. The molecule has 0 saturated heterocycles. The normalized spacial score (nSPS) is 48.2. The molecule has 4 saturated carbocycles. The Hall–Kier alpha value is -0.200.